The van der Waals surface area contributed by atoms with Gasteiger partial charge in [0.1, 0.15) is 0 Å². The highest BCUT2D eigenvalue weighted by Crippen LogP contribution is 2.09. The van der Waals surface area contributed by atoms with Crippen molar-refractivity contribution in [3.8, 4) is 0 Å². The van der Waals surface area contributed by atoms with Crippen LogP contribution in [0.25, 0.3) is 0 Å². The highest BCUT2D eigenvalue weighted by Gasteiger charge is 2.16. The highest BCUT2D eigenvalue weighted by molar-refractivity contribution is 6.70. The minimum absolute atomic E-state index is 0.335. The zero-order chi connectivity index (χ0) is 10.5. The van der Waals surface area contributed by atoms with Crippen molar-refractivity contribution in [1.82, 2.24) is 0 Å². The third kappa shape index (κ3) is 7.58. The molecule has 0 unspecified atom stereocenters. The SMILES string of the molecule is CCOC(=O)/C=C(\C)O[Si](C)(C)C. The van der Waals surface area contributed by atoms with Crippen molar-refractivity contribution >= 4 is 14.3 Å². The first-order valence-electron chi connectivity index (χ1n) is 4.39. The molecule has 0 aliphatic heterocycles. The van der Waals surface area contributed by atoms with Crippen LogP contribution in [0.4, 0.5) is 0 Å². The molecule has 0 saturated heterocycles. The van der Waals surface area contributed by atoms with Crippen LogP contribution in [0.1, 0.15) is 13.8 Å². The molecule has 0 aliphatic carbocycles. The molecular formula is C9H18O3Si. The van der Waals surface area contributed by atoms with Crippen LogP contribution in [-0.2, 0) is 14.0 Å². The maximum Gasteiger partial charge on any atom is 0.334 e. The molecule has 0 atom stereocenters. The quantitative estimate of drug-likeness (QED) is 0.304. The number of carbonyl (C=O) groups excluding carboxylic acids is 1. The van der Waals surface area contributed by atoms with Gasteiger partial charge in [-0.2, -0.15) is 0 Å². The molecule has 0 aromatic heterocycles. The first-order chi connectivity index (χ1) is 5.85. The van der Waals surface area contributed by atoms with E-state index in [2.05, 4.69) is 19.6 Å². The van der Waals surface area contributed by atoms with Crippen LogP contribution in [-0.4, -0.2) is 20.9 Å². The van der Waals surface area contributed by atoms with Gasteiger partial charge in [-0.05, 0) is 33.5 Å². The molecule has 76 valence electrons. The van der Waals surface area contributed by atoms with Crippen molar-refractivity contribution in [1.29, 1.82) is 0 Å². The van der Waals surface area contributed by atoms with Crippen LogP contribution < -0.4 is 0 Å². The topological polar surface area (TPSA) is 35.5 Å². The Bertz CT molecular complexity index is 203. The van der Waals surface area contributed by atoms with E-state index in [1.807, 2.05) is 0 Å². The van der Waals surface area contributed by atoms with Gasteiger partial charge in [0.05, 0.1) is 18.4 Å². The molecule has 0 spiro atoms. The molecule has 0 heterocycles. The zero-order valence-electron chi connectivity index (χ0n) is 9.01. The lowest BCUT2D eigenvalue weighted by molar-refractivity contribution is -0.137. The van der Waals surface area contributed by atoms with E-state index in [0.29, 0.717) is 12.4 Å². The van der Waals surface area contributed by atoms with Crippen LogP contribution in [0.15, 0.2) is 11.8 Å². The molecular weight excluding hydrogens is 184 g/mol. The number of rotatable bonds is 4. The largest absolute Gasteiger partial charge is 0.547 e. The van der Waals surface area contributed by atoms with Gasteiger partial charge in [0.25, 0.3) is 0 Å². The number of hydrogen-bond acceptors (Lipinski definition) is 3. The number of ether oxygens (including phenoxy) is 1. The molecule has 0 rings (SSSR count). The molecule has 0 aromatic carbocycles. The van der Waals surface area contributed by atoms with E-state index < -0.39 is 8.32 Å². The lowest BCUT2D eigenvalue weighted by atomic mass is 10.5. The normalized spacial score (nSPS) is 12.5. The van der Waals surface area contributed by atoms with E-state index in [-0.39, 0.29) is 5.97 Å². The van der Waals surface area contributed by atoms with Gasteiger partial charge < -0.3 is 9.16 Å². The Morgan fingerprint density at radius 3 is 2.31 bits per heavy atom. The van der Waals surface area contributed by atoms with E-state index in [9.17, 15) is 4.79 Å². The van der Waals surface area contributed by atoms with Crippen molar-refractivity contribution in [2.45, 2.75) is 33.5 Å². The average molecular weight is 202 g/mol. The average Bonchev–Trinajstić information content (AvgIpc) is 1.81. The monoisotopic (exact) mass is 202 g/mol. The predicted octanol–water partition coefficient (Wildman–Crippen LogP) is 2.30. The van der Waals surface area contributed by atoms with Crippen LogP contribution in [0.2, 0.25) is 19.6 Å². The Morgan fingerprint density at radius 1 is 1.38 bits per heavy atom. The Morgan fingerprint density at radius 2 is 1.92 bits per heavy atom. The second-order valence-electron chi connectivity index (χ2n) is 3.72. The summed E-state index contributed by atoms with van der Waals surface area (Å²) < 4.78 is 10.3. The lowest BCUT2D eigenvalue weighted by Crippen LogP contribution is -2.24. The Hall–Kier alpha value is -0.773. The molecule has 0 fully saturated rings. The minimum atomic E-state index is -1.59. The number of esters is 1. The smallest absolute Gasteiger partial charge is 0.334 e. The van der Waals surface area contributed by atoms with E-state index >= 15 is 0 Å². The van der Waals surface area contributed by atoms with Gasteiger partial charge in [-0.1, -0.05) is 0 Å². The van der Waals surface area contributed by atoms with E-state index in [4.69, 9.17) is 9.16 Å². The summed E-state index contributed by atoms with van der Waals surface area (Å²) in [6.45, 7) is 10.1. The Kier molecular flexibility index (Phi) is 4.76. The molecule has 0 N–H and O–H groups in total. The van der Waals surface area contributed by atoms with Crippen molar-refractivity contribution < 1.29 is 14.0 Å². The van der Waals surface area contributed by atoms with E-state index in [0.717, 1.165) is 0 Å². The zero-order valence-corrected chi connectivity index (χ0v) is 10.0. The summed E-state index contributed by atoms with van der Waals surface area (Å²) in [6, 6.07) is 0. The van der Waals surface area contributed by atoms with Gasteiger partial charge in [0, 0.05) is 0 Å². The molecule has 4 heteroatoms. The Balaban J connectivity index is 4.09. The van der Waals surface area contributed by atoms with E-state index in [1.165, 1.54) is 6.08 Å². The molecule has 0 bridgehead atoms. The second-order valence-corrected chi connectivity index (χ2v) is 8.15. The first kappa shape index (κ1) is 12.2. The fourth-order valence-electron chi connectivity index (χ4n) is 0.862. The van der Waals surface area contributed by atoms with Crippen molar-refractivity contribution in [3.05, 3.63) is 11.8 Å². The van der Waals surface area contributed by atoms with E-state index in [1.54, 1.807) is 13.8 Å². The van der Waals surface area contributed by atoms with Gasteiger partial charge in [-0.3, -0.25) is 0 Å². The van der Waals surface area contributed by atoms with Gasteiger partial charge in [-0.15, -0.1) is 0 Å². The third-order valence-corrected chi connectivity index (χ3v) is 2.01. The first-order valence-corrected chi connectivity index (χ1v) is 7.80. The van der Waals surface area contributed by atoms with Gasteiger partial charge in [-0.25, -0.2) is 4.79 Å². The lowest BCUT2D eigenvalue weighted by Gasteiger charge is -2.19. The molecule has 0 radical (unpaired) electrons. The van der Waals surface area contributed by atoms with Gasteiger partial charge >= 0.3 is 5.97 Å². The summed E-state index contributed by atoms with van der Waals surface area (Å²) >= 11 is 0. The summed E-state index contributed by atoms with van der Waals surface area (Å²) in [5, 5.41) is 0. The van der Waals surface area contributed by atoms with Crippen LogP contribution in [0.5, 0.6) is 0 Å². The minimum Gasteiger partial charge on any atom is -0.547 e. The molecule has 3 nitrogen and oxygen atoms in total. The van der Waals surface area contributed by atoms with Gasteiger partial charge in [0.2, 0.25) is 8.32 Å². The fraction of sp³-hybridized carbons (Fsp3) is 0.667. The second kappa shape index (κ2) is 5.06. The summed E-state index contributed by atoms with van der Waals surface area (Å²) in [7, 11) is -1.59. The number of carbonyl (C=O) groups is 1. The van der Waals surface area contributed by atoms with Crippen molar-refractivity contribution in [2.24, 2.45) is 0 Å². The summed E-state index contributed by atoms with van der Waals surface area (Å²) in [5.74, 6) is 0.302. The molecule has 0 aliphatic rings. The number of allylic oxidation sites excluding steroid dienone is 1. The summed E-state index contributed by atoms with van der Waals surface area (Å²) in [6.07, 6.45) is 1.39. The fourth-order valence-corrected chi connectivity index (χ4v) is 1.89. The standard InChI is InChI=1S/C9H18O3Si/c1-6-11-9(10)7-8(2)12-13(3,4)5/h7H,6H2,1-5H3/b8-7+. The van der Waals surface area contributed by atoms with Crippen LogP contribution in [0, 0.1) is 0 Å². The third-order valence-electron chi connectivity index (χ3n) is 1.07. The Labute approximate surface area is 80.9 Å². The maximum absolute atomic E-state index is 11.0. The van der Waals surface area contributed by atoms with Crippen LogP contribution >= 0.6 is 0 Å². The highest BCUT2D eigenvalue weighted by atomic mass is 28.4. The maximum atomic E-state index is 11.0. The van der Waals surface area contributed by atoms with Crippen molar-refractivity contribution in [2.75, 3.05) is 6.61 Å². The molecule has 0 aromatic rings. The predicted molar refractivity (Wildman–Crippen MR) is 54.8 cm³/mol. The molecule has 0 saturated carbocycles. The van der Waals surface area contributed by atoms with Gasteiger partial charge in [0.15, 0.2) is 0 Å². The van der Waals surface area contributed by atoms with Crippen molar-refractivity contribution in [3.63, 3.8) is 0 Å². The molecule has 0 amide bonds. The molecule has 13 heavy (non-hydrogen) atoms. The summed E-state index contributed by atoms with van der Waals surface area (Å²) in [4.78, 5) is 11.0. The number of hydrogen-bond donors (Lipinski definition) is 0. The van der Waals surface area contributed by atoms with Crippen LogP contribution in [0.3, 0.4) is 0 Å². The summed E-state index contributed by atoms with van der Waals surface area (Å²) in [5.41, 5.74) is 0.